The van der Waals surface area contributed by atoms with Crippen LogP contribution in [0.1, 0.15) is 40.7 Å². The number of fused-ring (bicyclic) bond motifs is 1. The molecular formula is C27H24N2O4. The number of hydrazone groups is 1. The lowest BCUT2D eigenvalue weighted by Gasteiger charge is -2.20. The van der Waals surface area contributed by atoms with E-state index in [1.54, 1.807) is 24.3 Å². The first kappa shape index (κ1) is 22.0. The third-order valence-corrected chi connectivity index (χ3v) is 5.44. The molecule has 4 aromatic rings. The molecule has 3 aromatic carbocycles. The molecule has 0 amide bonds. The van der Waals surface area contributed by atoms with Crippen molar-refractivity contribution in [2.45, 2.75) is 19.3 Å². The number of hydrogen-bond acceptors (Lipinski definition) is 6. The Morgan fingerprint density at radius 2 is 1.61 bits per heavy atom. The topological polar surface area (TPSA) is 80.9 Å². The van der Waals surface area contributed by atoms with E-state index in [9.17, 15) is 9.59 Å². The summed E-state index contributed by atoms with van der Waals surface area (Å²) in [7, 11) is 1.31. The van der Waals surface area contributed by atoms with Crippen molar-refractivity contribution < 1.29 is 13.9 Å². The van der Waals surface area contributed by atoms with Gasteiger partial charge in [-0.2, -0.15) is 5.10 Å². The first-order valence-electron chi connectivity index (χ1n) is 10.6. The second-order valence-corrected chi connectivity index (χ2v) is 7.66. The zero-order valence-electron chi connectivity index (χ0n) is 18.4. The molecule has 0 fully saturated rings. The largest absolute Gasteiger partial charge is 0.465 e. The number of nitrogens with zero attached hydrogens (tertiary/aromatic N) is 1. The van der Waals surface area contributed by atoms with Crippen LogP contribution < -0.4 is 11.1 Å². The van der Waals surface area contributed by atoms with Crippen molar-refractivity contribution >= 4 is 28.3 Å². The van der Waals surface area contributed by atoms with Crippen molar-refractivity contribution in [3.63, 3.8) is 0 Å². The summed E-state index contributed by atoms with van der Waals surface area (Å²) in [6.45, 7) is 1.88. The Balaban J connectivity index is 1.84. The van der Waals surface area contributed by atoms with E-state index in [2.05, 4.69) is 10.5 Å². The van der Waals surface area contributed by atoms with Gasteiger partial charge in [0.1, 0.15) is 5.58 Å². The number of carbonyl (C=O) groups excluding carboxylic acids is 1. The summed E-state index contributed by atoms with van der Waals surface area (Å²) in [5.41, 5.74) is 5.80. The zero-order valence-corrected chi connectivity index (χ0v) is 18.4. The summed E-state index contributed by atoms with van der Waals surface area (Å²) in [5, 5.41) is 5.03. The van der Waals surface area contributed by atoms with Gasteiger partial charge in [0.05, 0.1) is 23.9 Å². The smallest absolute Gasteiger partial charge is 0.340 e. The Kier molecular flexibility index (Phi) is 6.64. The molecule has 0 bridgehead atoms. The lowest BCUT2D eigenvalue weighted by Crippen LogP contribution is -2.22. The van der Waals surface area contributed by atoms with Crippen molar-refractivity contribution in [2.24, 2.45) is 5.10 Å². The molecule has 166 valence electrons. The molecule has 0 saturated carbocycles. The minimum Gasteiger partial charge on any atom is -0.465 e. The quantitative estimate of drug-likeness (QED) is 0.175. The lowest BCUT2D eigenvalue weighted by molar-refractivity contribution is 0.0600. The van der Waals surface area contributed by atoms with Crippen LogP contribution in [0.3, 0.4) is 0 Å². The van der Waals surface area contributed by atoms with Crippen LogP contribution in [-0.2, 0) is 4.74 Å². The Bertz CT molecular complexity index is 1350. The number of benzene rings is 3. The van der Waals surface area contributed by atoms with Crippen LogP contribution in [0.4, 0.5) is 5.69 Å². The molecule has 1 atom stereocenters. The van der Waals surface area contributed by atoms with Crippen molar-refractivity contribution in [1.82, 2.24) is 0 Å². The molecule has 0 aliphatic carbocycles. The molecule has 0 aliphatic heterocycles. The summed E-state index contributed by atoms with van der Waals surface area (Å²) < 4.78 is 10.7. The van der Waals surface area contributed by atoms with E-state index in [1.165, 1.54) is 7.11 Å². The summed E-state index contributed by atoms with van der Waals surface area (Å²) in [6.07, 6.45) is 0.400. The van der Waals surface area contributed by atoms with Gasteiger partial charge in [-0.1, -0.05) is 66.7 Å². The Hall–Kier alpha value is -4.19. The SMILES string of the molecule is COC(=O)c1c([C@@H](C/C(C)=N\Nc2ccccc2)c2ccccc2)c(=O)oc2ccccc12. The van der Waals surface area contributed by atoms with Crippen LogP contribution in [-0.4, -0.2) is 18.8 Å². The molecule has 6 nitrogen and oxygen atoms in total. The van der Waals surface area contributed by atoms with Crippen LogP contribution in [0.15, 0.2) is 99.2 Å². The Morgan fingerprint density at radius 3 is 2.30 bits per heavy atom. The summed E-state index contributed by atoms with van der Waals surface area (Å²) in [5.74, 6) is -1.03. The molecule has 33 heavy (non-hydrogen) atoms. The molecule has 4 rings (SSSR count). The van der Waals surface area contributed by atoms with Crippen LogP contribution in [0, 0.1) is 0 Å². The molecule has 0 radical (unpaired) electrons. The molecule has 6 heteroatoms. The first-order chi connectivity index (χ1) is 16.1. The average Bonchev–Trinajstić information content (AvgIpc) is 2.86. The number of carbonyl (C=O) groups is 1. The van der Waals surface area contributed by atoms with Crippen molar-refractivity contribution in [1.29, 1.82) is 0 Å². The van der Waals surface area contributed by atoms with Crippen LogP contribution in [0.25, 0.3) is 11.0 Å². The van der Waals surface area contributed by atoms with E-state index in [-0.39, 0.29) is 11.1 Å². The highest BCUT2D eigenvalue weighted by Gasteiger charge is 2.29. The second-order valence-electron chi connectivity index (χ2n) is 7.66. The normalized spacial score (nSPS) is 12.4. The summed E-state index contributed by atoms with van der Waals surface area (Å²) in [6, 6.07) is 26.1. The standard InChI is InChI=1S/C27H24N2O4/c1-18(28-29-20-13-7-4-8-14-20)17-22(19-11-5-3-6-12-19)25-24(26(30)32-2)21-15-9-10-16-23(21)33-27(25)31/h3-16,22,29H,17H2,1-2H3/b28-18-/t22-/m0/s1. The first-order valence-corrected chi connectivity index (χ1v) is 10.6. The van der Waals surface area contributed by atoms with Crippen molar-refractivity contribution in [2.75, 3.05) is 12.5 Å². The third-order valence-electron chi connectivity index (χ3n) is 5.44. The maximum Gasteiger partial charge on any atom is 0.340 e. The number of methoxy groups -OCH3 is 1. The minimum atomic E-state index is -0.577. The van der Waals surface area contributed by atoms with Gasteiger partial charge < -0.3 is 9.15 Å². The second kappa shape index (κ2) is 9.96. The molecule has 0 spiro atoms. The fourth-order valence-corrected chi connectivity index (χ4v) is 3.89. The number of para-hydroxylation sites is 2. The summed E-state index contributed by atoms with van der Waals surface area (Å²) in [4.78, 5) is 26.1. The van der Waals surface area contributed by atoms with Gasteiger partial charge in [-0.05, 0) is 37.1 Å². The molecular weight excluding hydrogens is 416 g/mol. The lowest BCUT2D eigenvalue weighted by atomic mass is 9.84. The van der Waals surface area contributed by atoms with Crippen LogP contribution >= 0.6 is 0 Å². The highest BCUT2D eigenvalue weighted by molar-refractivity contribution is 6.04. The maximum atomic E-state index is 13.2. The number of nitrogens with one attached hydrogen (secondary N) is 1. The number of ether oxygens (including phenoxy) is 1. The number of hydrogen-bond donors (Lipinski definition) is 1. The fraction of sp³-hybridized carbons (Fsp3) is 0.148. The average molecular weight is 440 g/mol. The van der Waals surface area contributed by atoms with Crippen molar-refractivity contribution in [3.8, 4) is 0 Å². The molecule has 0 unspecified atom stereocenters. The van der Waals surface area contributed by atoms with Gasteiger partial charge in [0.15, 0.2) is 0 Å². The van der Waals surface area contributed by atoms with Crippen LogP contribution in [0.2, 0.25) is 0 Å². The van der Waals surface area contributed by atoms with E-state index in [0.717, 1.165) is 17.0 Å². The molecule has 0 saturated heterocycles. The van der Waals surface area contributed by atoms with Gasteiger partial charge in [0, 0.05) is 17.0 Å². The summed E-state index contributed by atoms with van der Waals surface area (Å²) >= 11 is 0. The Morgan fingerprint density at radius 1 is 0.970 bits per heavy atom. The highest BCUT2D eigenvalue weighted by Crippen LogP contribution is 2.32. The molecule has 1 N–H and O–H groups in total. The minimum absolute atomic E-state index is 0.224. The van der Waals surface area contributed by atoms with E-state index in [4.69, 9.17) is 9.15 Å². The van der Waals surface area contributed by atoms with Gasteiger partial charge in [0.2, 0.25) is 0 Å². The predicted molar refractivity (Wildman–Crippen MR) is 130 cm³/mol. The maximum absolute atomic E-state index is 13.2. The van der Waals surface area contributed by atoms with Crippen LogP contribution in [0.5, 0.6) is 0 Å². The van der Waals surface area contributed by atoms with Gasteiger partial charge in [-0.15, -0.1) is 0 Å². The molecule has 1 aromatic heterocycles. The van der Waals surface area contributed by atoms with E-state index >= 15 is 0 Å². The van der Waals surface area contributed by atoms with Gasteiger partial charge in [-0.25, -0.2) is 9.59 Å². The van der Waals surface area contributed by atoms with Gasteiger partial charge in [0.25, 0.3) is 0 Å². The van der Waals surface area contributed by atoms with Crippen molar-refractivity contribution in [3.05, 3.63) is 112 Å². The van der Waals surface area contributed by atoms with Gasteiger partial charge in [-0.3, -0.25) is 5.43 Å². The van der Waals surface area contributed by atoms with Gasteiger partial charge >= 0.3 is 11.6 Å². The number of esters is 1. The third kappa shape index (κ3) is 4.85. The Labute approximate surface area is 191 Å². The monoisotopic (exact) mass is 440 g/mol. The molecule has 1 heterocycles. The van der Waals surface area contributed by atoms with E-state index in [0.29, 0.717) is 17.4 Å². The zero-order chi connectivity index (χ0) is 23.2. The number of anilines is 1. The van der Waals surface area contributed by atoms with E-state index in [1.807, 2.05) is 67.6 Å². The van der Waals surface area contributed by atoms with E-state index < -0.39 is 17.5 Å². The highest BCUT2D eigenvalue weighted by atomic mass is 16.5. The fourth-order valence-electron chi connectivity index (χ4n) is 3.89. The number of rotatable bonds is 7. The predicted octanol–water partition coefficient (Wildman–Crippen LogP) is 5.59. The molecule has 0 aliphatic rings.